The molecule has 0 amide bonds. The molecule has 1 aromatic heterocycles. The van der Waals surface area contributed by atoms with E-state index in [2.05, 4.69) is 62.2 Å². The van der Waals surface area contributed by atoms with Gasteiger partial charge in [-0.25, -0.2) is 0 Å². The van der Waals surface area contributed by atoms with Gasteiger partial charge in [-0.2, -0.15) is 5.10 Å². The van der Waals surface area contributed by atoms with Crippen LogP contribution in [-0.2, 0) is 13.6 Å². The second-order valence-electron chi connectivity index (χ2n) is 4.99. The first kappa shape index (κ1) is 16.5. The molecule has 0 saturated heterocycles. The molecule has 0 bridgehead atoms. The summed E-state index contributed by atoms with van der Waals surface area (Å²) in [5.41, 5.74) is 3.50. The van der Waals surface area contributed by atoms with E-state index in [1.807, 2.05) is 24.0 Å². The standard InChI is InChI=1S/C15H19Br2N3O/c1-9(13-8-19-20(3)10(13)2)18-7-11-5-12(16)6-14(17)15(11)21-4/h5-6,8-9,18H,7H2,1-4H3. The lowest BCUT2D eigenvalue weighted by molar-refractivity contribution is 0.403. The molecule has 21 heavy (non-hydrogen) atoms. The average molecular weight is 417 g/mol. The maximum Gasteiger partial charge on any atom is 0.137 e. The van der Waals surface area contributed by atoms with Crippen LogP contribution in [0.3, 0.4) is 0 Å². The molecule has 0 aliphatic rings. The van der Waals surface area contributed by atoms with Gasteiger partial charge in [-0.15, -0.1) is 0 Å². The van der Waals surface area contributed by atoms with Crippen molar-refractivity contribution in [1.82, 2.24) is 15.1 Å². The maximum absolute atomic E-state index is 5.47. The van der Waals surface area contributed by atoms with Gasteiger partial charge in [-0.05, 0) is 41.9 Å². The van der Waals surface area contributed by atoms with Crippen molar-refractivity contribution < 1.29 is 4.74 Å². The number of nitrogens with zero attached hydrogens (tertiary/aromatic N) is 2. The van der Waals surface area contributed by atoms with Crippen molar-refractivity contribution in [3.8, 4) is 5.75 Å². The molecule has 0 saturated carbocycles. The molecule has 1 N–H and O–H groups in total. The topological polar surface area (TPSA) is 39.1 Å². The fourth-order valence-electron chi connectivity index (χ4n) is 2.29. The monoisotopic (exact) mass is 415 g/mol. The molecule has 0 spiro atoms. The van der Waals surface area contributed by atoms with Crippen LogP contribution in [0.4, 0.5) is 0 Å². The summed E-state index contributed by atoms with van der Waals surface area (Å²) >= 11 is 7.05. The number of hydrogen-bond acceptors (Lipinski definition) is 3. The summed E-state index contributed by atoms with van der Waals surface area (Å²) in [5.74, 6) is 0.862. The fraction of sp³-hybridized carbons (Fsp3) is 0.400. The number of benzene rings is 1. The van der Waals surface area contributed by atoms with Crippen LogP contribution >= 0.6 is 31.9 Å². The number of hydrogen-bond donors (Lipinski definition) is 1. The van der Waals surface area contributed by atoms with Crippen LogP contribution in [0, 0.1) is 6.92 Å². The normalized spacial score (nSPS) is 12.5. The lowest BCUT2D eigenvalue weighted by atomic mass is 10.1. The minimum absolute atomic E-state index is 0.223. The van der Waals surface area contributed by atoms with Gasteiger partial charge in [0, 0.05) is 40.9 Å². The van der Waals surface area contributed by atoms with Crippen LogP contribution in [0.15, 0.2) is 27.3 Å². The van der Waals surface area contributed by atoms with Gasteiger partial charge in [-0.1, -0.05) is 15.9 Å². The highest BCUT2D eigenvalue weighted by atomic mass is 79.9. The molecule has 1 atom stereocenters. The number of ether oxygens (including phenoxy) is 1. The van der Waals surface area contributed by atoms with Gasteiger partial charge in [0.25, 0.3) is 0 Å². The Balaban J connectivity index is 2.14. The average Bonchev–Trinajstić information content (AvgIpc) is 2.76. The predicted molar refractivity (Wildman–Crippen MR) is 91.6 cm³/mol. The Labute approximate surface area is 142 Å². The molecule has 1 unspecified atom stereocenters. The van der Waals surface area contributed by atoms with Crippen LogP contribution in [0.1, 0.15) is 29.8 Å². The van der Waals surface area contributed by atoms with Crippen LogP contribution in [-0.4, -0.2) is 16.9 Å². The quantitative estimate of drug-likeness (QED) is 0.796. The van der Waals surface area contributed by atoms with Gasteiger partial charge in [0.1, 0.15) is 5.75 Å². The zero-order valence-electron chi connectivity index (χ0n) is 12.6. The summed E-state index contributed by atoms with van der Waals surface area (Å²) in [6.07, 6.45) is 1.92. The van der Waals surface area contributed by atoms with Crippen LogP contribution in [0.2, 0.25) is 0 Å². The third-order valence-electron chi connectivity index (χ3n) is 3.63. The molecule has 1 aromatic carbocycles. The van der Waals surface area contributed by atoms with Crippen molar-refractivity contribution in [3.63, 3.8) is 0 Å². The van der Waals surface area contributed by atoms with E-state index in [4.69, 9.17) is 4.74 Å². The molecule has 1 heterocycles. The lowest BCUT2D eigenvalue weighted by Crippen LogP contribution is -2.19. The second-order valence-corrected chi connectivity index (χ2v) is 6.76. The molecule has 114 valence electrons. The van der Waals surface area contributed by atoms with E-state index < -0.39 is 0 Å². The zero-order chi connectivity index (χ0) is 15.6. The first-order valence-corrected chi connectivity index (χ1v) is 8.26. The van der Waals surface area contributed by atoms with Crippen LogP contribution in [0.25, 0.3) is 0 Å². The van der Waals surface area contributed by atoms with Gasteiger partial charge >= 0.3 is 0 Å². The summed E-state index contributed by atoms with van der Waals surface area (Å²) in [4.78, 5) is 0. The lowest BCUT2D eigenvalue weighted by Gasteiger charge is -2.16. The Morgan fingerprint density at radius 3 is 2.67 bits per heavy atom. The largest absolute Gasteiger partial charge is 0.495 e. The summed E-state index contributed by atoms with van der Waals surface area (Å²) < 4.78 is 9.34. The van der Waals surface area contributed by atoms with Crippen molar-refractivity contribution in [1.29, 1.82) is 0 Å². The molecule has 2 rings (SSSR count). The second kappa shape index (κ2) is 6.94. The molecule has 0 aliphatic carbocycles. The molecule has 0 aliphatic heterocycles. The van der Waals surface area contributed by atoms with E-state index in [1.165, 1.54) is 11.3 Å². The third kappa shape index (κ3) is 3.67. The summed E-state index contributed by atoms with van der Waals surface area (Å²) in [5, 5.41) is 7.81. The number of nitrogens with one attached hydrogen (secondary N) is 1. The number of halogens is 2. The van der Waals surface area contributed by atoms with Crippen LogP contribution < -0.4 is 10.1 Å². The van der Waals surface area contributed by atoms with E-state index in [0.29, 0.717) is 0 Å². The number of aromatic nitrogens is 2. The molecule has 2 aromatic rings. The van der Waals surface area contributed by atoms with E-state index in [-0.39, 0.29) is 6.04 Å². The van der Waals surface area contributed by atoms with E-state index in [9.17, 15) is 0 Å². The van der Waals surface area contributed by atoms with Gasteiger partial charge < -0.3 is 10.1 Å². The van der Waals surface area contributed by atoms with E-state index in [0.717, 1.165) is 26.8 Å². The van der Waals surface area contributed by atoms with Crippen molar-refractivity contribution >= 4 is 31.9 Å². The highest BCUT2D eigenvalue weighted by molar-refractivity contribution is 9.11. The molecule has 0 fully saturated rings. The van der Waals surface area contributed by atoms with Crippen molar-refractivity contribution in [3.05, 3.63) is 44.1 Å². The van der Waals surface area contributed by atoms with Gasteiger partial charge in [-0.3, -0.25) is 4.68 Å². The summed E-state index contributed by atoms with van der Waals surface area (Å²) in [6, 6.07) is 4.28. The highest BCUT2D eigenvalue weighted by Gasteiger charge is 2.14. The Morgan fingerprint density at radius 2 is 2.10 bits per heavy atom. The highest BCUT2D eigenvalue weighted by Crippen LogP contribution is 2.33. The Bertz CT molecular complexity index is 640. The Hall–Kier alpha value is -0.850. The van der Waals surface area contributed by atoms with Gasteiger partial charge in [0.05, 0.1) is 17.8 Å². The molecule has 6 heteroatoms. The zero-order valence-corrected chi connectivity index (χ0v) is 15.7. The molecule has 0 radical (unpaired) electrons. The molecule has 4 nitrogen and oxygen atoms in total. The summed E-state index contributed by atoms with van der Waals surface area (Å²) in [7, 11) is 3.65. The van der Waals surface area contributed by atoms with E-state index >= 15 is 0 Å². The molecular formula is C15H19Br2N3O. The predicted octanol–water partition coefficient (Wildman–Crippen LogP) is 4.11. The van der Waals surface area contributed by atoms with E-state index in [1.54, 1.807) is 7.11 Å². The van der Waals surface area contributed by atoms with Crippen LogP contribution in [0.5, 0.6) is 5.75 Å². The van der Waals surface area contributed by atoms with Crippen molar-refractivity contribution in [2.75, 3.05) is 7.11 Å². The van der Waals surface area contributed by atoms with Gasteiger partial charge in [0.2, 0.25) is 0 Å². The fourth-order valence-corrected chi connectivity index (χ4v) is 3.76. The van der Waals surface area contributed by atoms with Gasteiger partial charge in [0.15, 0.2) is 0 Å². The van der Waals surface area contributed by atoms with Crippen molar-refractivity contribution in [2.45, 2.75) is 26.4 Å². The third-order valence-corrected chi connectivity index (χ3v) is 4.67. The number of aryl methyl sites for hydroxylation is 1. The number of rotatable bonds is 5. The first-order valence-electron chi connectivity index (χ1n) is 6.67. The first-order chi connectivity index (χ1) is 9.93. The minimum atomic E-state index is 0.223. The SMILES string of the molecule is COc1c(Br)cc(Br)cc1CNC(C)c1cnn(C)c1C. The number of methoxy groups -OCH3 is 1. The Morgan fingerprint density at radius 1 is 1.38 bits per heavy atom. The molecular weight excluding hydrogens is 398 g/mol. The Kier molecular flexibility index (Phi) is 5.46. The minimum Gasteiger partial charge on any atom is -0.495 e. The smallest absolute Gasteiger partial charge is 0.137 e. The van der Waals surface area contributed by atoms with Crippen molar-refractivity contribution in [2.24, 2.45) is 7.05 Å². The maximum atomic E-state index is 5.47. The summed E-state index contributed by atoms with van der Waals surface area (Å²) in [6.45, 7) is 4.94.